The zero-order valence-corrected chi connectivity index (χ0v) is 12.3. The van der Waals surface area contributed by atoms with Crippen molar-refractivity contribution in [1.82, 2.24) is 5.32 Å². The Balaban J connectivity index is 1.93. The molecule has 0 spiro atoms. The highest BCUT2D eigenvalue weighted by molar-refractivity contribution is 7.84. The van der Waals surface area contributed by atoms with E-state index in [4.69, 9.17) is 4.42 Å². The van der Waals surface area contributed by atoms with E-state index in [1.807, 2.05) is 43.3 Å². The molecule has 102 valence electrons. The van der Waals surface area contributed by atoms with Gasteiger partial charge in [0, 0.05) is 28.5 Å². The average Bonchev–Trinajstić information content (AvgIpc) is 2.83. The summed E-state index contributed by atoms with van der Waals surface area (Å²) in [6.45, 7) is 4.78. The van der Waals surface area contributed by atoms with Crippen molar-refractivity contribution in [3.63, 3.8) is 0 Å². The van der Waals surface area contributed by atoms with Crippen LogP contribution in [0.4, 0.5) is 0 Å². The second-order valence-corrected chi connectivity index (χ2v) is 6.03. The first-order chi connectivity index (χ1) is 9.06. The summed E-state index contributed by atoms with van der Waals surface area (Å²) in [5.41, 5.74) is 1.17. The lowest BCUT2D eigenvalue weighted by Crippen LogP contribution is -2.17. The minimum atomic E-state index is -0.912. The SMILES string of the molecule is Cc1ccc([C@H](C)NCc2ccc([S@@](C)=O)cc2)o1. The van der Waals surface area contributed by atoms with Crippen LogP contribution in [0.1, 0.15) is 30.0 Å². The van der Waals surface area contributed by atoms with Crippen LogP contribution in [0, 0.1) is 6.92 Å². The summed E-state index contributed by atoms with van der Waals surface area (Å²) < 4.78 is 16.9. The van der Waals surface area contributed by atoms with Gasteiger partial charge in [0.25, 0.3) is 0 Å². The predicted octanol–water partition coefficient (Wildman–Crippen LogP) is 3.18. The third-order valence-corrected chi connectivity index (χ3v) is 3.99. The van der Waals surface area contributed by atoms with E-state index in [-0.39, 0.29) is 6.04 Å². The molecule has 0 saturated heterocycles. The Hall–Kier alpha value is -1.39. The van der Waals surface area contributed by atoms with Gasteiger partial charge in [0.2, 0.25) is 0 Å². The third kappa shape index (κ3) is 3.78. The van der Waals surface area contributed by atoms with Crippen LogP contribution in [0.5, 0.6) is 0 Å². The van der Waals surface area contributed by atoms with Crippen molar-refractivity contribution in [2.75, 3.05) is 6.26 Å². The number of furan rings is 1. The lowest BCUT2D eigenvalue weighted by atomic mass is 10.2. The molecule has 0 bridgehead atoms. The molecule has 0 unspecified atom stereocenters. The van der Waals surface area contributed by atoms with Gasteiger partial charge < -0.3 is 9.73 Å². The van der Waals surface area contributed by atoms with Crippen LogP contribution in [0.3, 0.4) is 0 Å². The van der Waals surface area contributed by atoms with Crippen molar-refractivity contribution in [3.8, 4) is 0 Å². The van der Waals surface area contributed by atoms with Crippen LogP contribution in [0.25, 0.3) is 0 Å². The summed E-state index contributed by atoms with van der Waals surface area (Å²) >= 11 is 0. The summed E-state index contributed by atoms with van der Waals surface area (Å²) in [6, 6.07) is 12.0. The fraction of sp³-hybridized carbons (Fsp3) is 0.333. The van der Waals surface area contributed by atoms with E-state index in [9.17, 15) is 4.21 Å². The van der Waals surface area contributed by atoms with Gasteiger partial charge in [-0.15, -0.1) is 0 Å². The van der Waals surface area contributed by atoms with Gasteiger partial charge in [-0.25, -0.2) is 0 Å². The Morgan fingerprint density at radius 1 is 1.21 bits per heavy atom. The number of aryl methyl sites for hydroxylation is 1. The normalized spacial score (nSPS) is 14.3. The zero-order chi connectivity index (χ0) is 13.8. The van der Waals surface area contributed by atoms with Gasteiger partial charge >= 0.3 is 0 Å². The van der Waals surface area contributed by atoms with Crippen LogP contribution in [0.15, 0.2) is 45.7 Å². The van der Waals surface area contributed by atoms with Gasteiger partial charge in [0.05, 0.1) is 6.04 Å². The zero-order valence-electron chi connectivity index (χ0n) is 11.5. The van der Waals surface area contributed by atoms with Gasteiger partial charge in [-0.2, -0.15) is 0 Å². The standard InChI is InChI=1S/C15H19NO2S/c1-11-4-9-15(18-11)12(2)16-10-13-5-7-14(8-6-13)19(3)17/h4-9,12,16H,10H2,1-3H3/t12-,19+/m0/s1. The Morgan fingerprint density at radius 3 is 2.42 bits per heavy atom. The summed E-state index contributed by atoms with van der Waals surface area (Å²) in [5, 5.41) is 3.41. The molecule has 0 fully saturated rings. The molecule has 0 radical (unpaired) electrons. The highest BCUT2D eigenvalue weighted by Crippen LogP contribution is 2.16. The maximum absolute atomic E-state index is 11.3. The molecule has 1 N–H and O–H groups in total. The van der Waals surface area contributed by atoms with Gasteiger partial charge in [-0.1, -0.05) is 12.1 Å². The van der Waals surface area contributed by atoms with Gasteiger partial charge in [0.1, 0.15) is 11.5 Å². The van der Waals surface area contributed by atoms with E-state index in [0.29, 0.717) is 0 Å². The molecule has 4 heteroatoms. The van der Waals surface area contributed by atoms with Crippen molar-refractivity contribution < 1.29 is 8.63 Å². The van der Waals surface area contributed by atoms with E-state index in [2.05, 4.69) is 12.2 Å². The van der Waals surface area contributed by atoms with E-state index in [0.717, 1.165) is 23.0 Å². The smallest absolute Gasteiger partial charge is 0.120 e. The molecule has 1 aromatic heterocycles. The predicted molar refractivity (Wildman–Crippen MR) is 77.5 cm³/mol. The van der Waals surface area contributed by atoms with Crippen molar-refractivity contribution in [1.29, 1.82) is 0 Å². The molecule has 2 atom stereocenters. The number of nitrogens with one attached hydrogen (secondary N) is 1. The van der Waals surface area contributed by atoms with E-state index in [1.54, 1.807) is 6.26 Å². The van der Waals surface area contributed by atoms with E-state index < -0.39 is 10.8 Å². The minimum absolute atomic E-state index is 0.175. The van der Waals surface area contributed by atoms with Crippen LogP contribution < -0.4 is 5.32 Å². The molecule has 19 heavy (non-hydrogen) atoms. The van der Waals surface area contributed by atoms with E-state index in [1.165, 1.54) is 5.56 Å². The topological polar surface area (TPSA) is 42.2 Å². The van der Waals surface area contributed by atoms with Crippen molar-refractivity contribution in [2.24, 2.45) is 0 Å². The number of rotatable bonds is 5. The Kier molecular flexibility index (Phi) is 4.56. The molecule has 2 rings (SSSR count). The van der Waals surface area contributed by atoms with Crippen LogP contribution in [0.2, 0.25) is 0 Å². The summed E-state index contributed by atoms with van der Waals surface area (Å²) in [7, 11) is -0.912. The van der Waals surface area contributed by atoms with Crippen molar-refractivity contribution >= 4 is 10.8 Å². The largest absolute Gasteiger partial charge is 0.465 e. The van der Waals surface area contributed by atoms with Gasteiger partial charge in [-0.05, 0) is 43.7 Å². The van der Waals surface area contributed by atoms with Gasteiger partial charge in [-0.3, -0.25) is 4.21 Å². The maximum Gasteiger partial charge on any atom is 0.120 e. The maximum atomic E-state index is 11.3. The molecule has 0 saturated carbocycles. The van der Waals surface area contributed by atoms with Crippen LogP contribution in [-0.4, -0.2) is 10.5 Å². The van der Waals surface area contributed by atoms with Crippen molar-refractivity contribution in [2.45, 2.75) is 31.3 Å². The average molecular weight is 277 g/mol. The molecule has 3 nitrogen and oxygen atoms in total. The molecule has 1 heterocycles. The Labute approximate surface area is 116 Å². The molecular formula is C15H19NO2S. The quantitative estimate of drug-likeness (QED) is 0.912. The Bertz CT molecular complexity index is 560. The molecule has 0 amide bonds. The van der Waals surface area contributed by atoms with Crippen LogP contribution in [-0.2, 0) is 17.3 Å². The highest BCUT2D eigenvalue weighted by atomic mass is 32.2. The Morgan fingerprint density at radius 2 is 1.89 bits per heavy atom. The second kappa shape index (κ2) is 6.17. The molecule has 0 aliphatic carbocycles. The summed E-state index contributed by atoms with van der Waals surface area (Å²) in [4.78, 5) is 0.860. The molecule has 0 aliphatic heterocycles. The molecule has 2 aromatic rings. The van der Waals surface area contributed by atoms with E-state index >= 15 is 0 Å². The first-order valence-corrected chi connectivity index (χ1v) is 7.84. The lowest BCUT2D eigenvalue weighted by Gasteiger charge is -2.11. The monoisotopic (exact) mass is 277 g/mol. The second-order valence-electron chi connectivity index (χ2n) is 4.65. The molecule has 1 aromatic carbocycles. The van der Waals surface area contributed by atoms with Crippen molar-refractivity contribution in [3.05, 3.63) is 53.5 Å². The lowest BCUT2D eigenvalue weighted by molar-refractivity contribution is 0.416. The first kappa shape index (κ1) is 14.0. The number of benzene rings is 1. The highest BCUT2D eigenvalue weighted by Gasteiger charge is 2.08. The summed E-state index contributed by atoms with van der Waals surface area (Å²) in [6.07, 6.45) is 1.69. The first-order valence-electron chi connectivity index (χ1n) is 6.28. The van der Waals surface area contributed by atoms with Crippen LogP contribution >= 0.6 is 0 Å². The molecular weight excluding hydrogens is 258 g/mol. The number of hydrogen-bond donors (Lipinski definition) is 1. The number of hydrogen-bond acceptors (Lipinski definition) is 3. The van der Waals surface area contributed by atoms with Gasteiger partial charge in [0.15, 0.2) is 0 Å². The third-order valence-electron chi connectivity index (χ3n) is 3.06. The minimum Gasteiger partial charge on any atom is -0.465 e. The fourth-order valence-electron chi connectivity index (χ4n) is 1.86. The summed E-state index contributed by atoms with van der Waals surface area (Å²) in [5.74, 6) is 1.88. The molecule has 0 aliphatic rings. The fourth-order valence-corrected chi connectivity index (χ4v) is 2.38.